The van der Waals surface area contributed by atoms with Crippen LogP contribution in [0.2, 0.25) is 0 Å². The topological polar surface area (TPSA) is 127 Å². The summed E-state index contributed by atoms with van der Waals surface area (Å²) in [7, 11) is -2.17. The van der Waals surface area contributed by atoms with E-state index in [1.807, 2.05) is 0 Å². The summed E-state index contributed by atoms with van der Waals surface area (Å²) in [5.74, 6) is -1.04. The van der Waals surface area contributed by atoms with Crippen molar-refractivity contribution in [1.29, 1.82) is 0 Å². The zero-order valence-electron chi connectivity index (χ0n) is 16.1. The first-order valence-electron chi connectivity index (χ1n) is 9.51. The van der Waals surface area contributed by atoms with Crippen molar-refractivity contribution in [2.75, 3.05) is 18.4 Å². The molecule has 156 valence electrons. The zero-order valence-corrected chi connectivity index (χ0v) is 17.7. The van der Waals surface area contributed by atoms with Gasteiger partial charge in [-0.3, -0.25) is 9.59 Å². The van der Waals surface area contributed by atoms with Crippen LogP contribution in [0, 0.1) is 5.92 Å². The molecule has 1 aliphatic heterocycles. The lowest BCUT2D eigenvalue weighted by molar-refractivity contribution is -0.120. The van der Waals surface area contributed by atoms with Gasteiger partial charge in [0.15, 0.2) is 5.13 Å². The number of sulfonamides is 1. The molecule has 2 aliphatic rings. The molecule has 0 saturated carbocycles. The number of nitrogens with two attached hydrogens (primary N) is 1. The van der Waals surface area contributed by atoms with Gasteiger partial charge < -0.3 is 15.6 Å². The van der Waals surface area contributed by atoms with E-state index in [0.29, 0.717) is 18.0 Å². The normalized spacial score (nSPS) is 18.0. The third-order valence-corrected chi connectivity index (χ3v) is 8.46. The summed E-state index contributed by atoms with van der Waals surface area (Å²) >= 11 is 1.53. The predicted octanol–water partition coefficient (Wildman–Crippen LogP) is 1.11. The number of amides is 2. The molecule has 0 radical (unpaired) electrons. The Labute approximate surface area is 173 Å². The minimum absolute atomic E-state index is 0.0361. The number of thiazole rings is 1. The number of primary amides is 1. The van der Waals surface area contributed by atoms with Gasteiger partial charge in [-0.25, -0.2) is 13.4 Å². The number of hydrogen-bond acceptors (Lipinski definition) is 6. The first-order valence-corrected chi connectivity index (χ1v) is 11.8. The molecule has 3 N–H and O–H groups in total. The molecule has 1 saturated heterocycles. The van der Waals surface area contributed by atoms with Crippen LogP contribution in [-0.4, -0.2) is 47.2 Å². The quantitative estimate of drug-likeness (QED) is 0.724. The maximum absolute atomic E-state index is 12.9. The SMILES string of the molecule is Cn1cc(S(=O)(=O)N2CCC(C(=O)Nc3nc4c(s3)CCC4)CC2)cc1C(N)=O. The molecular weight excluding hydrogens is 414 g/mol. The van der Waals surface area contributed by atoms with Crippen LogP contribution in [0.1, 0.15) is 40.3 Å². The monoisotopic (exact) mass is 437 g/mol. The van der Waals surface area contributed by atoms with Gasteiger partial charge in [-0.15, -0.1) is 11.3 Å². The molecule has 2 aromatic rings. The van der Waals surface area contributed by atoms with Gasteiger partial charge in [0.25, 0.3) is 5.91 Å². The molecule has 0 atom stereocenters. The molecule has 29 heavy (non-hydrogen) atoms. The van der Waals surface area contributed by atoms with E-state index in [-0.39, 0.29) is 35.5 Å². The van der Waals surface area contributed by atoms with Crippen molar-refractivity contribution in [2.24, 2.45) is 18.7 Å². The van der Waals surface area contributed by atoms with Crippen molar-refractivity contribution in [1.82, 2.24) is 13.9 Å². The average molecular weight is 438 g/mol. The van der Waals surface area contributed by atoms with Crippen molar-refractivity contribution in [3.8, 4) is 0 Å². The Balaban J connectivity index is 1.38. The number of nitrogens with one attached hydrogen (secondary N) is 1. The van der Waals surface area contributed by atoms with Crippen LogP contribution < -0.4 is 11.1 Å². The van der Waals surface area contributed by atoms with Crippen molar-refractivity contribution < 1.29 is 18.0 Å². The maximum Gasteiger partial charge on any atom is 0.265 e. The summed E-state index contributed by atoms with van der Waals surface area (Å²) in [6.45, 7) is 0.491. The summed E-state index contributed by atoms with van der Waals surface area (Å²) < 4.78 is 28.5. The molecule has 0 bridgehead atoms. The van der Waals surface area contributed by atoms with Crippen LogP contribution in [0.15, 0.2) is 17.2 Å². The Morgan fingerprint density at radius 1 is 1.28 bits per heavy atom. The van der Waals surface area contributed by atoms with Gasteiger partial charge in [0.1, 0.15) is 10.6 Å². The van der Waals surface area contributed by atoms with Crippen LogP contribution in [0.25, 0.3) is 0 Å². The Kier molecular flexibility index (Phi) is 5.21. The van der Waals surface area contributed by atoms with Crippen LogP contribution >= 0.6 is 11.3 Å². The van der Waals surface area contributed by atoms with Gasteiger partial charge in [0.2, 0.25) is 15.9 Å². The fourth-order valence-electron chi connectivity index (χ4n) is 3.88. The van der Waals surface area contributed by atoms with Gasteiger partial charge in [-0.1, -0.05) is 0 Å². The minimum atomic E-state index is -3.74. The van der Waals surface area contributed by atoms with Gasteiger partial charge in [0, 0.05) is 37.1 Å². The number of piperidine rings is 1. The second-order valence-electron chi connectivity index (χ2n) is 7.45. The van der Waals surface area contributed by atoms with E-state index in [0.717, 1.165) is 25.0 Å². The largest absolute Gasteiger partial charge is 0.364 e. The van der Waals surface area contributed by atoms with E-state index >= 15 is 0 Å². The molecular formula is C18H23N5O4S2. The molecule has 0 unspecified atom stereocenters. The number of carbonyl (C=O) groups is 2. The zero-order chi connectivity index (χ0) is 20.8. The molecule has 4 rings (SSSR count). The molecule has 9 nitrogen and oxygen atoms in total. The highest BCUT2D eigenvalue weighted by atomic mass is 32.2. The minimum Gasteiger partial charge on any atom is -0.364 e. The number of anilines is 1. The molecule has 0 spiro atoms. The number of aryl methyl sites for hydroxylation is 3. The molecule has 3 heterocycles. The molecule has 2 aromatic heterocycles. The van der Waals surface area contributed by atoms with E-state index in [1.165, 1.54) is 37.3 Å². The lowest BCUT2D eigenvalue weighted by atomic mass is 9.97. The smallest absolute Gasteiger partial charge is 0.265 e. The van der Waals surface area contributed by atoms with Crippen LogP contribution in [-0.2, 0) is 34.7 Å². The highest BCUT2D eigenvalue weighted by Gasteiger charge is 2.33. The summed E-state index contributed by atoms with van der Waals surface area (Å²) in [6.07, 6.45) is 5.37. The summed E-state index contributed by atoms with van der Waals surface area (Å²) in [6, 6.07) is 1.29. The van der Waals surface area contributed by atoms with E-state index < -0.39 is 15.9 Å². The lowest BCUT2D eigenvalue weighted by Gasteiger charge is -2.30. The Hall–Kier alpha value is -2.24. The third kappa shape index (κ3) is 3.81. The number of carbonyl (C=O) groups excluding carboxylic acids is 2. The molecule has 1 aliphatic carbocycles. The van der Waals surface area contributed by atoms with Crippen molar-refractivity contribution >= 4 is 38.3 Å². The summed E-state index contributed by atoms with van der Waals surface area (Å²) in [5, 5.41) is 3.53. The second kappa shape index (κ2) is 7.54. The number of hydrogen-bond donors (Lipinski definition) is 2. The highest BCUT2D eigenvalue weighted by Crippen LogP contribution is 2.31. The summed E-state index contributed by atoms with van der Waals surface area (Å²) in [5.41, 5.74) is 6.49. The lowest BCUT2D eigenvalue weighted by Crippen LogP contribution is -2.41. The van der Waals surface area contributed by atoms with E-state index in [1.54, 1.807) is 7.05 Å². The van der Waals surface area contributed by atoms with Gasteiger partial charge >= 0.3 is 0 Å². The molecule has 1 fully saturated rings. The van der Waals surface area contributed by atoms with Gasteiger partial charge in [-0.2, -0.15) is 4.31 Å². The molecule has 2 amide bonds. The number of nitrogens with zero attached hydrogens (tertiary/aromatic N) is 3. The summed E-state index contributed by atoms with van der Waals surface area (Å²) in [4.78, 5) is 29.7. The fraction of sp³-hybridized carbons (Fsp3) is 0.500. The van der Waals surface area contributed by atoms with Gasteiger partial charge in [-0.05, 0) is 38.2 Å². The van der Waals surface area contributed by atoms with Gasteiger partial charge in [0.05, 0.1) is 5.69 Å². The van der Waals surface area contributed by atoms with Crippen LogP contribution in [0.4, 0.5) is 5.13 Å². The number of rotatable bonds is 5. The standard InChI is InChI=1S/C18H23N5O4S2/c1-22-10-12(9-14(22)16(19)24)29(26,27)23-7-5-11(6-8-23)17(25)21-18-20-13-3-2-4-15(13)28-18/h9-11H,2-8H2,1H3,(H2,19,24)(H,20,21,25). The fourth-order valence-corrected chi connectivity index (χ4v) is 6.47. The molecule has 11 heteroatoms. The van der Waals surface area contributed by atoms with E-state index in [2.05, 4.69) is 10.3 Å². The Bertz CT molecular complexity index is 1040. The Morgan fingerprint density at radius 3 is 2.62 bits per heavy atom. The number of fused-ring (bicyclic) bond motifs is 1. The maximum atomic E-state index is 12.9. The molecule has 0 aromatic carbocycles. The predicted molar refractivity (Wildman–Crippen MR) is 108 cm³/mol. The van der Waals surface area contributed by atoms with E-state index in [9.17, 15) is 18.0 Å². The van der Waals surface area contributed by atoms with Crippen molar-refractivity contribution in [3.63, 3.8) is 0 Å². The Morgan fingerprint density at radius 2 is 2.00 bits per heavy atom. The average Bonchev–Trinajstić information content (AvgIpc) is 3.36. The third-order valence-electron chi connectivity index (χ3n) is 5.52. The van der Waals surface area contributed by atoms with Crippen molar-refractivity contribution in [3.05, 3.63) is 28.5 Å². The second-order valence-corrected chi connectivity index (χ2v) is 10.5. The van der Waals surface area contributed by atoms with Crippen molar-refractivity contribution in [2.45, 2.75) is 37.0 Å². The van der Waals surface area contributed by atoms with E-state index in [4.69, 9.17) is 5.73 Å². The van der Waals surface area contributed by atoms with Crippen LogP contribution in [0.3, 0.4) is 0 Å². The highest BCUT2D eigenvalue weighted by molar-refractivity contribution is 7.89. The van der Waals surface area contributed by atoms with Crippen LogP contribution in [0.5, 0.6) is 0 Å². The first-order chi connectivity index (χ1) is 13.8. The first kappa shape index (κ1) is 20.0. The number of aromatic nitrogens is 2.